The topological polar surface area (TPSA) is 97.3 Å². The van der Waals surface area contributed by atoms with E-state index in [9.17, 15) is 14.7 Å². The Hall–Kier alpha value is -2.48. The van der Waals surface area contributed by atoms with E-state index >= 15 is 0 Å². The average Bonchev–Trinajstić information content (AvgIpc) is 2.51. The van der Waals surface area contributed by atoms with Crippen LogP contribution in [0.1, 0.15) is 26.3 Å². The van der Waals surface area contributed by atoms with Crippen molar-refractivity contribution >= 4 is 12.1 Å². The van der Waals surface area contributed by atoms with Gasteiger partial charge < -0.3 is 24.2 Å². The van der Waals surface area contributed by atoms with Gasteiger partial charge in [-0.15, -0.1) is 0 Å². The normalized spacial score (nSPS) is 15.8. The van der Waals surface area contributed by atoms with Crippen LogP contribution in [0.4, 0.5) is 4.79 Å². The first kappa shape index (κ1) is 19.8. The summed E-state index contributed by atoms with van der Waals surface area (Å²) in [5.41, 5.74) is -1.03. The second-order valence-electron chi connectivity index (χ2n) is 7.25. The number of amides is 1. The maximum absolute atomic E-state index is 12.0. The predicted octanol–water partition coefficient (Wildman–Crippen LogP) is 1.87. The molecule has 1 aromatic carbocycles. The molecular formula is C18H26N2O6. The second-order valence-corrected chi connectivity index (χ2v) is 7.25. The third kappa shape index (κ3) is 4.37. The Morgan fingerprint density at radius 1 is 1.23 bits per heavy atom. The van der Waals surface area contributed by atoms with Gasteiger partial charge in [-0.25, -0.2) is 4.79 Å². The van der Waals surface area contributed by atoms with Crippen molar-refractivity contribution in [1.29, 1.82) is 0 Å². The van der Waals surface area contributed by atoms with Crippen LogP contribution in [0.5, 0.6) is 11.5 Å². The summed E-state index contributed by atoms with van der Waals surface area (Å²) in [5, 5.41) is 12.6. The Labute approximate surface area is 153 Å². The monoisotopic (exact) mass is 366 g/mol. The number of hydrogen-bond acceptors (Lipinski definition) is 6. The van der Waals surface area contributed by atoms with Crippen molar-refractivity contribution in [2.75, 3.05) is 27.3 Å². The van der Waals surface area contributed by atoms with Crippen LogP contribution in [0.2, 0.25) is 0 Å². The molecule has 1 aromatic rings. The number of likely N-dealkylation sites (tertiary alicyclic amines) is 1. The number of benzene rings is 1. The van der Waals surface area contributed by atoms with E-state index in [4.69, 9.17) is 14.2 Å². The molecular weight excluding hydrogens is 340 g/mol. The third-order valence-corrected chi connectivity index (χ3v) is 4.09. The molecule has 0 saturated carbocycles. The average molecular weight is 366 g/mol. The van der Waals surface area contributed by atoms with Crippen molar-refractivity contribution in [3.63, 3.8) is 0 Å². The summed E-state index contributed by atoms with van der Waals surface area (Å²) in [5.74, 6) is 0.240. The number of nitrogens with zero attached hydrogens (tertiary/aromatic N) is 1. The summed E-state index contributed by atoms with van der Waals surface area (Å²) in [6.07, 6.45) is -0.516. The van der Waals surface area contributed by atoms with Crippen LogP contribution in [0.25, 0.3) is 0 Å². The minimum atomic E-state index is -1.21. The highest BCUT2D eigenvalue weighted by molar-refractivity contribution is 5.84. The van der Waals surface area contributed by atoms with E-state index in [0.29, 0.717) is 11.5 Å². The summed E-state index contributed by atoms with van der Waals surface area (Å²) in [6, 6.07) is 5.32. The molecule has 1 fully saturated rings. The lowest BCUT2D eigenvalue weighted by Crippen LogP contribution is -2.74. The van der Waals surface area contributed by atoms with Crippen LogP contribution >= 0.6 is 0 Å². The van der Waals surface area contributed by atoms with Gasteiger partial charge in [-0.05, 0) is 26.8 Å². The van der Waals surface area contributed by atoms with Gasteiger partial charge in [0.2, 0.25) is 0 Å². The summed E-state index contributed by atoms with van der Waals surface area (Å²) >= 11 is 0. The van der Waals surface area contributed by atoms with E-state index < -0.39 is 23.2 Å². The molecule has 0 radical (unpaired) electrons. The molecule has 8 nitrogen and oxygen atoms in total. The summed E-state index contributed by atoms with van der Waals surface area (Å²) in [4.78, 5) is 25.2. The number of hydrogen-bond donors (Lipinski definition) is 2. The first-order valence-electron chi connectivity index (χ1n) is 8.27. The maximum Gasteiger partial charge on any atom is 0.410 e. The van der Waals surface area contributed by atoms with Crippen LogP contribution in [0.15, 0.2) is 18.2 Å². The largest absolute Gasteiger partial charge is 0.497 e. The number of ether oxygens (including phenoxy) is 3. The fourth-order valence-electron chi connectivity index (χ4n) is 2.65. The minimum Gasteiger partial charge on any atom is -0.497 e. The molecule has 2 rings (SSSR count). The van der Waals surface area contributed by atoms with E-state index in [-0.39, 0.29) is 19.6 Å². The molecule has 1 saturated heterocycles. The van der Waals surface area contributed by atoms with E-state index in [1.807, 2.05) is 6.07 Å². The number of carbonyl (C=O) groups excluding carboxylic acids is 1. The number of methoxy groups -OCH3 is 2. The van der Waals surface area contributed by atoms with E-state index in [2.05, 4.69) is 5.32 Å². The fraction of sp³-hybridized carbons (Fsp3) is 0.556. The van der Waals surface area contributed by atoms with Crippen molar-refractivity contribution in [3.8, 4) is 11.5 Å². The zero-order valence-corrected chi connectivity index (χ0v) is 15.8. The van der Waals surface area contributed by atoms with Crippen molar-refractivity contribution in [1.82, 2.24) is 10.2 Å². The maximum atomic E-state index is 12.0. The van der Waals surface area contributed by atoms with E-state index in [0.717, 1.165) is 5.56 Å². The Morgan fingerprint density at radius 3 is 2.38 bits per heavy atom. The second kappa shape index (κ2) is 7.41. The summed E-state index contributed by atoms with van der Waals surface area (Å²) in [6.45, 7) is 5.66. The summed E-state index contributed by atoms with van der Waals surface area (Å²) < 4.78 is 15.8. The molecule has 0 unspecified atom stereocenters. The SMILES string of the molecule is COc1ccc(CNC2(C(=O)O)CN(C(=O)OC(C)(C)C)C2)c(OC)c1. The molecule has 2 N–H and O–H groups in total. The molecule has 1 aliphatic rings. The van der Waals surface area contributed by atoms with Gasteiger partial charge in [0.25, 0.3) is 0 Å². The van der Waals surface area contributed by atoms with Crippen LogP contribution < -0.4 is 14.8 Å². The standard InChI is InChI=1S/C18H26N2O6/c1-17(2,3)26-16(23)20-10-18(11-20,15(21)22)19-9-12-6-7-13(24-4)8-14(12)25-5/h6-8,19H,9-11H2,1-5H3,(H,21,22). The first-order chi connectivity index (χ1) is 12.1. The van der Waals surface area contributed by atoms with Crippen molar-refractivity contribution in [3.05, 3.63) is 23.8 Å². The predicted molar refractivity (Wildman–Crippen MR) is 94.6 cm³/mol. The Morgan fingerprint density at radius 2 is 1.88 bits per heavy atom. The number of carboxylic acids is 1. The molecule has 0 spiro atoms. The molecule has 8 heteroatoms. The Kier molecular flexibility index (Phi) is 5.65. The zero-order valence-electron chi connectivity index (χ0n) is 15.8. The lowest BCUT2D eigenvalue weighted by Gasteiger charge is -2.47. The highest BCUT2D eigenvalue weighted by atomic mass is 16.6. The quantitative estimate of drug-likeness (QED) is 0.793. The van der Waals surface area contributed by atoms with Crippen molar-refractivity contribution < 1.29 is 28.9 Å². The van der Waals surface area contributed by atoms with E-state index in [1.165, 1.54) is 4.90 Å². The molecule has 144 valence electrons. The van der Waals surface area contributed by atoms with Crippen molar-refractivity contribution in [2.24, 2.45) is 0 Å². The highest BCUT2D eigenvalue weighted by Gasteiger charge is 2.52. The van der Waals surface area contributed by atoms with Crippen molar-refractivity contribution in [2.45, 2.75) is 38.5 Å². The smallest absolute Gasteiger partial charge is 0.410 e. The van der Waals surface area contributed by atoms with Gasteiger partial charge in [-0.3, -0.25) is 10.1 Å². The molecule has 1 aliphatic heterocycles. The molecule has 0 aliphatic carbocycles. The molecule has 0 bridgehead atoms. The van der Waals surface area contributed by atoms with Gasteiger partial charge in [0.05, 0.1) is 27.3 Å². The van der Waals surface area contributed by atoms with Gasteiger partial charge >= 0.3 is 12.1 Å². The zero-order chi connectivity index (χ0) is 19.5. The number of carboxylic acid groups (broad SMARTS) is 1. The molecule has 1 heterocycles. The summed E-state index contributed by atoms with van der Waals surface area (Å²) in [7, 11) is 3.10. The van der Waals surface area contributed by atoms with Crippen LogP contribution in [0.3, 0.4) is 0 Å². The van der Waals surface area contributed by atoms with Crippen LogP contribution in [0, 0.1) is 0 Å². The van der Waals surface area contributed by atoms with Gasteiger partial charge in [0, 0.05) is 18.2 Å². The highest BCUT2D eigenvalue weighted by Crippen LogP contribution is 2.28. The number of rotatable bonds is 6. The molecule has 0 atom stereocenters. The number of nitrogens with one attached hydrogen (secondary N) is 1. The molecule has 1 amide bonds. The molecule has 0 aromatic heterocycles. The Balaban J connectivity index is 2.03. The van der Waals surface area contributed by atoms with Gasteiger partial charge in [0.15, 0.2) is 5.54 Å². The first-order valence-corrected chi connectivity index (χ1v) is 8.27. The van der Waals surface area contributed by atoms with Gasteiger partial charge in [-0.1, -0.05) is 6.07 Å². The minimum absolute atomic E-state index is 0.0374. The van der Waals surface area contributed by atoms with Crippen LogP contribution in [-0.4, -0.2) is 60.5 Å². The van der Waals surface area contributed by atoms with Crippen LogP contribution in [-0.2, 0) is 16.1 Å². The van der Waals surface area contributed by atoms with Gasteiger partial charge in [0.1, 0.15) is 17.1 Å². The van der Waals surface area contributed by atoms with E-state index in [1.54, 1.807) is 47.1 Å². The Bertz CT molecular complexity index is 677. The molecule has 26 heavy (non-hydrogen) atoms. The lowest BCUT2D eigenvalue weighted by molar-refractivity contribution is -0.152. The fourth-order valence-corrected chi connectivity index (χ4v) is 2.65. The third-order valence-electron chi connectivity index (χ3n) is 4.09. The number of carbonyl (C=O) groups is 2. The number of aliphatic carboxylic acids is 1. The lowest BCUT2D eigenvalue weighted by atomic mass is 9.90. The van der Waals surface area contributed by atoms with Gasteiger partial charge in [-0.2, -0.15) is 0 Å².